The van der Waals surface area contributed by atoms with Gasteiger partial charge in [0.15, 0.2) is 0 Å². The maximum Gasteiger partial charge on any atom is 0.419 e. The molecule has 11 heteroatoms. The molecule has 2 atom stereocenters. The van der Waals surface area contributed by atoms with Crippen molar-refractivity contribution in [3.8, 4) is 0 Å². The predicted octanol–water partition coefficient (Wildman–Crippen LogP) is 7.09. The molecule has 0 spiro atoms. The van der Waals surface area contributed by atoms with E-state index in [0.29, 0.717) is 30.5 Å². The zero-order chi connectivity index (χ0) is 28.4. The van der Waals surface area contributed by atoms with Gasteiger partial charge in [-0.2, -0.15) is 26.3 Å². The van der Waals surface area contributed by atoms with E-state index in [9.17, 15) is 35.5 Å². The van der Waals surface area contributed by atoms with Crippen LogP contribution in [0.5, 0.6) is 0 Å². The third-order valence-electron chi connectivity index (χ3n) is 6.87. The van der Waals surface area contributed by atoms with Crippen LogP contribution in [0.3, 0.4) is 0 Å². The van der Waals surface area contributed by atoms with E-state index in [2.05, 4.69) is 19.9 Å². The van der Waals surface area contributed by atoms with Gasteiger partial charge in [0.2, 0.25) is 0 Å². The number of carbonyl (C=O) groups is 1. The van der Waals surface area contributed by atoms with Crippen LogP contribution in [0.2, 0.25) is 0 Å². The van der Waals surface area contributed by atoms with E-state index in [4.69, 9.17) is 0 Å². The van der Waals surface area contributed by atoms with Gasteiger partial charge in [-0.05, 0) is 65.2 Å². The minimum absolute atomic E-state index is 0.104. The van der Waals surface area contributed by atoms with Crippen LogP contribution in [0.15, 0.2) is 66.7 Å². The first-order valence-electron chi connectivity index (χ1n) is 12.3. The summed E-state index contributed by atoms with van der Waals surface area (Å²) in [5.74, 6) is -1.54. The second-order valence-electron chi connectivity index (χ2n) is 9.68. The second-order valence-corrected chi connectivity index (χ2v) is 10.3. The van der Waals surface area contributed by atoms with Crippen LogP contribution in [0.25, 0.3) is 0 Å². The van der Waals surface area contributed by atoms with E-state index >= 15 is 0 Å². The van der Waals surface area contributed by atoms with Crippen molar-refractivity contribution in [2.45, 2.75) is 56.0 Å². The summed E-state index contributed by atoms with van der Waals surface area (Å²) in [6.45, 7) is 0. The summed E-state index contributed by atoms with van der Waals surface area (Å²) in [5.41, 5.74) is -4.35. The lowest BCUT2D eigenvalue weighted by Gasteiger charge is -2.38. The Kier molecular flexibility index (Phi) is 8.26. The number of halogens is 7. The van der Waals surface area contributed by atoms with Crippen molar-refractivity contribution in [3.63, 3.8) is 0 Å². The van der Waals surface area contributed by atoms with Crippen LogP contribution >= 0.6 is 9.24 Å². The number of amides is 2. The molecule has 1 aliphatic carbocycles. The van der Waals surface area contributed by atoms with Crippen molar-refractivity contribution in [2.75, 3.05) is 0 Å². The zero-order valence-electron chi connectivity index (χ0n) is 20.6. The molecule has 39 heavy (non-hydrogen) atoms. The highest BCUT2D eigenvalue weighted by molar-refractivity contribution is 7.27. The van der Waals surface area contributed by atoms with Crippen LogP contribution in [0.4, 0.5) is 35.5 Å². The molecule has 208 valence electrons. The van der Waals surface area contributed by atoms with Gasteiger partial charge in [-0.1, -0.05) is 49.2 Å². The van der Waals surface area contributed by atoms with Gasteiger partial charge >= 0.3 is 18.4 Å². The molecule has 1 unspecified atom stereocenters. The Balaban J connectivity index is 1.98. The standard InChI is InChI=1S/C28H26F7N2OP/c29-24-11-10-18(15-23(24)28(33,34)35)26(16-17-6-2-1-3-7-17,37-25(38)36-21-8-4-5-9-21)19-12-20(27(30,31)32)14-22(39)13-19/h1-3,6-7,10-15,21H,4-5,8-9,16,39H2,(H2,36,37,38)/t26-/m1/s1. The first kappa shape index (κ1) is 28.9. The fraction of sp³-hybridized carbons (Fsp3) is 0.321. The number of rotatable bonds is 6. The molecule has 1 saturated carbocycles. The van der Waals surface area contributed by atoms with Gasteiger partial charge < -0.3 is 10.6 Å². The van der Waals surface area contributed by atoms with Crippen molar-refractivity contribution in [3.05, 3.63) is 100 Å². The van der Waals surface area contributed by atoms with Crippen molar-refractivity contribution >= 4 is 20.6 Å². The number of hydrogen-bond donors (Lipinski definition) is 2. The van der Waals surface area contributed by atoms with E-state index in [1.54, 1.807) is 30.3 Å². The topological polar surface area (TPSA) is 41.1 Å². The molecular weight excluding hydrogens is 544 g/mol. The summed E-state index contributed by atoms with van der Waals surface area (Å²) < 4.78 is 97.2. The monoisotopic (exact) mass is 570 g/mol. The lowest BCUT2D eigenvalue weighted by Crippen LogP contribution is -2.54. The second kappa shape index (κ2) is 11.2. The SMILES string of the molecule is O=C(NC1CCCC1)N[C@@](Cc1ccccc1)(c1cc(P)cc(C(F)(F)F)c1)c1ccc(F)c(C(F)(F)F)c1. The molecule has 0 saturated heterocycles. The van der Waals surface area contributed by atoms with Crippen molar-refractivity contribution in [2.24, 2.45) is 0 Å². The van der Waals surface area contributed by atoms with E-state index < -0.39 is 40.9 Å². The lowest BCUT2D eigenvalue weighted by molar-refractivity contribution is -0.140. The molecule has 0 bridgehead atoms. The summed E-state index contributed by atoms with van der Waals surface area (Å²) in [6.07, 6.45) is -6.88. The van der Waals surface area contributed by atoms with Gasteiger partial charge in [0.1, 0.15) is 5.82 Å². The third-order valence-corrected chi connectivity index (χ3v) is 7.20. The highest BCUT2D eigenvalue weighted by Gasteiger charge is 2.42. The summed E-state index contributed by atoms with van der Waals surface area (Å²) in [7, 11) is 2.16. The smallest absolute Gasteiger partial charge is 0.335 e. The molecule has 3 nitrogen and oxygen atoms in total. The predicted molar refractivity (Wildman–Crippen MR) is 137 cm³/mol. The maximum absolute atomic E-state index is 14.3. The first-order valence-corrected chi connectivity index (χ1v) is 12.8. The Morgan fingerprint density at radius 3 is 2.08 bits per heavy atom. The van der Waals surface area contributed by atoms with E-state index in [1.165, 1.54) is 6.07 Å². The van der Waals surface area contributed by atoms with Crippen molar-refractivity contribution < 1.29 is 35.5 Å². The third kappa shape index (κ3) is 6.72. The van der Waals surface area contributed by atoms with Crippen LogP contribution < -0.4 is 15.9 Å². The quantitative estimate of drug-likeness (QED) is 0.241. The van der Waals surface area contributed by atoms with Crippen LogP contribution in [-0.4, -0.2) is 12.1 Å². The normalized spacial score (nSPS) is 16.1. The molecule has 0 radical (unpaired) electrons. The Labute approximate surface area is 223 Å². The highest BCUT2D eigenvalue weighted by atomic mass is 31.0. The molecule has 3 aromatic rings. The Hall–Kier alpha value is -3.13. The largest absolute Gasteiger partial charge is 0.419 e. The Morgan fingerprint density at radius 2 is 1.46 bits per heavy atom. The number of benzene rings is 3. The maximum atomic E-state index is 14.3. The number of carbonyl (C=O) groups excluding carboxylic acids is 1. The molecule has 1 aliphatic rings. The summed E-state index contributed by atoms with van der Waals surface area (Å²) in [5, 5.41) is 5.63. The summed E-state index contributed by atoms with van der Waals surface area (Å²) in [4.78, 5) is 13.3. The zero-order valence-corrected chi connectivity index (χ0v) is 21.7. The van der Waals surface area contributed by atoms with Crippen LogP contribution in [0, 0.1) is 5.82 Å². The minimum atomic E-state index is -5.08. The molecule has 3 aromatic carbocycles. The molecule has 0 aromatic heterocycles. The summed E-state index contributed by atoms with van der Waals surface area (Å²) >= 11 is 0. The van der Waals surface area contributed by atoms with Crippen LogP contribution in [0.1, 0.15) is 53.5 Å². The molecule has 1 fully saturated rings. The number of alkyl halides is 6. The van der Waals surface area contributed by atoms with Crippen molar-refractivity contribution in [1.29, 1.82) is 0 Å². The molecular formula is C28H26F7N2OP. The average molecular weight is 570 g/mol. The molecule has 4 rings (SSSR count). The van der Waals surface area contributed by atoms with E-state index in [0.717, 1.165) is 31.0 Å². The highest BCUT2D eigenvalue weighted by Crippen LogP contribution is 2.40. The fourth-order valence-electron chi connectivity index (χ4n) is 5.02. The minimum Gasteiger partial charge on any atom is -0.335 e. The number of urea groups is 1. The van der Waals surface area contributed by atoms with Gasteiger partial charge in [-0.3, -0.25) is 0 Å². The van der Waals surface area contributed by atoms with Gasteiger partial charge in [-0.25, -0.2) is 9.18 Å². The number of hydrogen-bond acceptors (Lipinski definition) is 1. The van der Waals surface area contributed by atoms with Crippen LogP contribution in [-0.2, 0) is 24.3 Å². The van der Waals surface area contributed by atoms with E-state index in [-0.39, 0.29) is 28.9 Å². The molecule has 0 heterocycles. The Bertz CT molecular complexity index is 1320. The van der Waals surface area contributed by atoms with Gasteiger partial charge in [0.25, 0.3) is 0 Å². The molecule has 2 amide bonds. The lowest BCUT2D eigenvalue weighted by atomic mass is 9.77. The fourth-order valence-corrected chi connectivity index (χ4v) is 5.38. The summed E-state index contributed by atoms with van der Waals surface area (Å²) in [6, 6.07) is 12.7. The first-order chi connectivity index (χ1) is 18.3. The number of nitrogens with one attached hydrogen (secondary N) is 2. The molecule has 2 N–H and O–H groups in total. The van der Waals surface area contributed by atoms with E-state index in [1.807, 2.05) is 0 Å². The van der Waals surface area contributed by atoms with Gasteiger partial charge in [0.05, 0.1) is 16.7 Å². The average Bonchev–Trinajstić information content (AvgIpc) is 3.35. The van der Waals surface area contributed by atoms with Gasteiger partial charge in [-0.15, -0.1) is 9.24 Å². The van der Waals surface area contributed by atoms with Gasteiger partial charge in [0, 0.05) is 12.5 Å². The molecule has 0 aliphatic heterocycles. The Morgan fingerprint density at radius 1 is 0.821 bits per heavy atom. The van der Waals surface area contributed by atoms with Crippen molar-refractivity contribution in [1.82, 2.24) is 10.6 Å².